The van der Waals surface area contributed by atoms with E-state index in [0.717, 1.165) is 5.56 Å². The predicted octanol–water partition coefficient (Wildman–Crippen LogP) is 2.08. The lowest BCUT2D eigenvalue weighted by Crippen LogP contribution is -2.38. The van der Waals surface area contributed by atoms with Gasteiger partial charge >= 0.3 is 0 Å². The zero-order valence-electron chi connectivity index (χ0n) is 13.8. The van der Waals surface area contributed by atoms with Crippen molar-refractivity contribution in [2.45, 2.75) is 13.8 Å². The number of carbonyl (C=O) groups excluding carboxylic acids is 2. The van der Waals surface area contributed by atoms with Crippen LogP contribution < -0.4 is 0 Å². The summed E-state index contributed by atoms with van der Waals surface area (Å²) in [6.45, 7) is 6.62. The summed E-state index contributed by atoms with van der Waals surface area (Å²) in [5, 5.41) is 0. The van der Waals surface area contributed by atoms with E-state index in [2.05, 4.69) is 0 Å². The highest BCUT2D eigenvalue weighted by Crippen LogP contribution is 2.08. The summed E-state index contributed by atoms with van der Waals surface area (Å²) in [6, 6.07) is 9.23. The van der Waals surface area contributed by atoms with E-state index >= 15 is 0 Å². The van der Waals surface area contributed by atoms with Crippen molar-refractivity contribution in [1.82, 2.24) is 4.90 Å². The topological polar surface area (TPSA) is 55.8 Å². The molecular weight excluding hydrogens is 294 g/mol. The predicted molar refractivity (Wildman–Crippen MR) is 89.7 cm³/mol. The maximum absolute atomic E-state index is 12.6. The van der Waals surface area contributed by atoms with Crippen LogP contribution >= 0.6 is 0 Å². The van der Waals surface area contributed by atoms with Crippen LogP contribution in [0.1, 0.15) is 19.4 Å². The second kappa shape index (κ2) is 11.6. The minimum Gasteiger partial charge on any atom is -0.380 e. The second-order valence-corrected chi connectivity index (χ2v) is 4.76. The number of amides is 1. The van der Waals surface area contributed by atoms with Crippen LogP contribution in [0.4, 0.5) is 0 Å². The molecule has 0 spiro atoms. The lowest BCUT2D eigenvalue weighted by molar-refractivity contribution is -0.128. The van der Waals surface area contributed by atoms with Gasteiger partial charge in [0.05, 0.1) is 18.8 Å². The van der Waals surface area contributed by atoms with E-state index in [-0.39, 0.29) is 11.5 Å². The van der Waals surface area contributed by atoms with Crippen molar-refractivity contribution in [3.05, 3.63) is 41.5 Å². The standard InChI is InChI=1S/C18H24NO4/c1-3-22-12-10-19(11-13-23-4-2)18(21)17(15-20)14-16-8-6-5-7-9-16/h5-9,14H,3-4,10-13H2,1-2H3. The normalized spacial score (nSPS) is 11.3. The highest BCUT2D eigenvalue weighted by atomic mass is 16.5. The van der Waals surface area contributed by atoms with E-state index in [1.54, 1.807) is 17.3 Å². The molecule has 0 unspecified atom stereocenters. The number of hydrogen-bond acceptors (Lipinski definition) is 4. The van der Waals surface area contributed by atoms with Crippen LogP contribution in [0.2, 0.25) is 0 Å². The molecule has 5 nitrogen and oxygen atoms in total. The Kier molecular flexibility index (Phi) is 9.59. The number of nitrogens with zero attached hydrogens (tertiary/aromatic N) is 1. The molecule has 1 aromatic rings. The van der Waals surface area contributed by atoms with E-state index < -0.39 is 0 Å². The number of hydrogen-bond donors (Lipinski definition) is 0. The minimum atomic E-state index is -0.358. The molecule has 0 aliphatic carbocycles. The Hall–Kier alpha value is -1.98. The first kappa shape index (κ1) is 19.1. The Bertz CT molecular complexity index is 489. The van der Waals surface area contributed by atoms with Gasteiger partial charge in [0, 0.05) is 26.3 Å². The van der Waals surface area contributed by atoms with Crippen LogP contribution in [0, 0.1) is 0 Å². The molecule has 125 valence electrons. The van der Waals surface area contributed by atoms with Crippen molar-refractivity contribution in [2.75, 3.05) is 39.5 Å². The van der Waals surface area contributed by atoms with Gasteiger partial charge in [-0.05, 0) is 25.5 Å². The third-order valence-corrected chi connectivity index (χ3v) is 3.16. The SMILES string of the molecule is CCOCCN(CCOCC)C(=O)C([C]=O)=Cc1ccccc1. The Morgan fingerprint density at radius 2 is 1.65 bits per heavy atom. The molecule has 0 N–H and O–H groups in total. The quantitative estimate of drug-likeness (QED) is 0.271. The second-order valence-electron chi connectivity index (χ2n) is 4.76. The molecule has 0 atom stereocenters. The Morgan fingerprint density at radius 3 is 2.13 bits per heavy atom. The summed E-state index contributed by atoms with van der Waals surface area (Å²) in [6.07, 6.45) is 3.30. The van der Waals surface area contributed by atoms with Crippen molar-refractivity contribution in [3.8, 4) is 0 Å². The molecule has 0 aromatic heterocycles. The molecular formula is C18H24NO4. The summed E-state index contributed by atoms with van der Waals surface area (Å²) < 4.78 is 10.6. The number of benzene rings is 1. The Balaban J connectivity index is 2.81. The number of carbonyl (C=O) groups is 1. The van der Waals surface area contributed by atoms with Gasteiger partial charge in [0.25, 0.3) is 5.91 Å². The summed E-state index contributed by atoms with van der Waals surface area (Å²) in [5.74, 6) is -0.358. The van der Waals surface area contributed by atoms with Crippen molar-refractivity contribution in [1.29, 1.82) is 0 Å². The van der Waals surface area contributed by atoms with Crippen LogP contribution in [-0.4, -0.2) is 56.6 Å². The maximum Gasteiger partial charge on any atom is 0.258 e. The molecule has 0 bridgehead atoms. The lowest BCUT2D eigenvalue weighted by Gasteiger charge is -2.22. The molecule has 1 rings (SSSR count). The summed E-state index contributed by atoms with van der Waals surface area (Å²) in [5.41, 5.74) is 0.790. The van der Waals surface area contributed by atoms with Gasteiger partial charge in [-0.1, -0.05) is 30.3 Å². The zero-order valence-corrected chi connectivity index (χ0v) is 13.8. The zero-order chi connectivity index (χ0) is 16.9. The van der Waals surface area contributed by atoms with Crippen molar-refractivity contribution in [3.63, 3.8) is 0 Å². The molecule has 1 radical (unpaired) electrons. The van der Waals surface area contributed by atoms with E-state index in [4.69, 9.17) is 9.47 Å². The van der Waals surface area contributed by atoms with Crippen LogP contribution in [0.3, 0.4) is 0 Å². The molecule has 0 heterocycles. The van der Waals surface area contributed by atoms with Crippen molar-refractivity contribution < 1.29 is 19.1 Å². The van der Waals surface area contributed by atoms with Gasteiger partial charge in [0.2, 0.25) is 6.29 Å². The van der Waals surface area contributed by atoms with Crippen LogP contribution in [-0.2, 0) is 19.1 Å². The number of rotatable bonds is 11. The number of ether oxygens (including phenoxy) is 2. The van der Waals surface area contributed by atoms with Crippen LogP contribution in [0.15, 0.2) is 35.9 Å². The smallest absolute Gasteiger partial charge is 0.258 e. The van der Waals surface area contributed by atoms with Gasteiger partial charge in [0.1, 0.15) is 0 Å². The van der Waals surface area contributed by atoms with E-state index in [1.165, 1.54) is 0 Å². The molecule has 1 aromatic carbocycles. The average Bonchev–Trinajstić information content (AvgIpc) is 2.59. The molecule has 1 amide bonds. The Morgan fingerprint density at radius 1 is 1.09 bits per heavy atom. The highest BCUT2D eigenvalue weighted by Gasteiger charge is 2.18. The molecule has 0 fully saturated rings. The molecule has 23 heavy (non-hydrogen) atoms. The lowest BCUT2D eigenvalue weighted by atomic mass is 10.1. The van der Waals surface area contributed by atoms with Crippen LogP contribution in [0.25, 0.3) is 6.08 Å². The fourth-order valence-corrected chi connectivity index (χ4v) is 1.97. The third-order valence-electron chi connectivity index (χ3n) is 3.16. The summed E-state index contributed by atoms with van der Waals surface area (Å²) in [7, 11) is 0. The largest absolute Gasteiger partial charge is 0.380 e. The minimum absolute atomic E-state index is 0.00389. The van der Waals surface area contributed by atoms with Crippen molar-refractivity contribution in [2.24, 2.45) is 0 Å². The van der Waals surface area contributed by atoms with Gasteiger partial charge in [-0.25, -0.2) is 0 Å². The first-order valence-corrected chi connectivity index (χ1v) is 7.82. The summed E-state index contributed by atoms with van der Waals surface area (Å²) in [4.78, 5) is 25.3. The van der Waals surface area contributed by atoms with Gasteiger partial charge in [-0.2, -0.15) is 0 Å². The van der Waals surface area contributed by atoms with E-state index in [1.807, 2.05) is 44.2 Å². The van der Waals surface area contributed by atoms with Gasteiger partial charge < -0.3 is 14.4 Å². The van der Waals surface area contributed by atoms with Gasteiger partial charge in [0.15, 0.2) is 0 Å². The first-order chi connectivity index (χ1) is 11.2. The molecule has 0 saturated heterocycles. The molecule has 5 heteroatoms. The monoisotopic (exact) mass is 318 g/mol. The molecule has 0 aliphatic heterocycles. The highest BCUT2D eigenvalue weighted by molar-refractivity contribution is 6.14. The summed E-state index contributed by atoms with van der Waals surface area (Å²) >= 11 is 0. The van der Waals surface area contributed by atoms with Gasteiger partial charge in [-0.15, -0.1) is 0 Å². The van der Waals surface area contributed by atoms with Crippen LogP contribution in [0.5, 0.6) is 0 Å². The van der Waals surface area contributed by atoms with E-state index in [9.17, 15) is 9.59 Å². The van der Waals surface area contributed by atoms with Gasteiger partial charge in [-0.3, -0.25) is 9.59 Å². The first-order valence-electron chi connectivity index (χ1n) is 7.82. The van der Waals surface area contributed by atoms with Crippen molar-refractivity contribution >= 4 is 18.3 Å². The Labute approximate surface area is 137 Å². The fourth-order valence-electron chi connectivity index (χ4n) is 1.97. The average molecular weight is 318 g/mol. The molecule has 0 aliphatic rings. The molecule has 0 saturated carbocycles. The van der Waals surface area contributed by atoms with E-state index in [0.29, 0.717) is 39.5 Å². The fraction of sp³-hybridized carbons (Fsp3) is 0.444. The maximum atomic E-state index is 12.6. The third kappa shape index (κ3) is 7.21.